The molecule has 0 bridgehead atoms. The Kier molecular flexibility index (Phi) is 4.92. The lowest BCUT2D eigenvalue weighted by Crippen LogP contribution is -2.24. The maximum Gasteiger partial charge on any atom is 0.318 e. The summed E-state index contributed by atoms with van der Waals surface area (Å²) < 4.78 is 6.45. The summed E-state index contributed by atoms with van der Waals surface area (Å²) in [5, 5.41) is 0.824. The van der Waals surface area contributed by atoms with Gasteiger partial charge in [-0.15, -0.1) is 0 Å². The van der Waals surface area contributed by atoms with Crippen LogP contribution in [0.25, 0.3) is 27.6 Å². The molecule has 0 aliphatic carbocycles. The topological polar surface area (TPSA) is 77.0 Å². The van der Waals surface area contributed by atoms with Gasteiger partial charge in [0.2, 0.25) is 0 Å². The number of aryl methyl sites for hydroxylation is 1. The molecule has 6 nitrogen and oxygen atoms in total. The third-order valence-electron chi connectivity index (χ3n) is 5.13. The first-order chi connectivity index (χ1) is 13.9. The molecule has 0 spiro atoms. The van der Waals surface area contributed by atoms with Crippen LogP contribution in [0, 0.1) is 13.8 Å². The minimum Gasteiger partial charge on any atom is -0.468 e. The largest absolute Gasteiger partial charge is 0.468 e. The van der Waals surface area contributed by atoms with Crippen molar-refractivity contribution in [3.8, 4) is 5.69 Å². The molecule has 29 heavy (non-hydrogen) atoms. The Balaban J connectivity index is 2.06. The fourth-order valence-electron chi connectivity index (χ4n) is 3.38. The molecule has 1 unspecified atom stereocenters. The quantitative estimate of drug-likeness (QED) is 0.313. The number of carbonyl (C=O) groups excluding carboxylic acids is 1. The minimum atomic E-state index is -0.508. The molecular weight excluding hydrogens is 386 g/mol. The molecule has 2 aromatic heterocycles. The van der Waals surface area contributed by atoms with Crippen LogP contribution >= 0.6 is 11.8 Å². The number of thioether (sulfide) groups is 1. The van der Waals surface area contributed by atoms with E-state index in [9.17, 15) is 9.59 Å². The summed E-state index contributed by atoms with van der Waals surface area (Å²) in [5.74, 6) is -0.365. The van der Waals surface area contributed by atoms with E-state index in [1.54, 1.807) is 11.5 Å². The van der Waals surface area contributed by atoms with E-state index in [-0.39, 0.29) is 11.5 Å². The van der Waals surface area contributed by atoms with Gasteiger partial charge in [-0.2, -0.15) is 0 Å². The number of H-pyrrole nitrogens is 1. The monoisotopic (exact) mass is 407 g/mol. The maximum atomic E-state index is 13.6. The van der Waals surface area contributed by atoms with Crippen LogP contribution in [-0.4, -0.2) is 32.9 Å². The predicted octanol–water partition coefficient (Wildman–Crippen LogP) is 4.14. The third kappa shape index (κ3) is 3.21. The second-order valence-corrected chi connectivity index (χ2v) is 8.24. The Labute approximate surface area is 171 Å². The second-order valence-electron chi connectivity index (χ2n) is 6.93. The first-order valence-electron chi connectivity index (χ1n) is 9.27. The molecule has 2 heterocycles. The lowest BCUT2D eigenvalue weighted by Gasteiger charge is -2.17. The molecule has 148 valence electrons. The predicted molar refractivity (Wildman–Crippen MR) is 116 cm³/mol. The van der Waals surface area contributed by atoms with Crippen molar-refractivity contribution >= 4 is 39.7 Å². The van der Waals surface area contributed by atoms with Gasteiger partial charge in [0, 0.05) is 10.9 Å². The normalized spacial score (nSPS) is 12.4. The lowest BCUT2D eigenvalue weighted by molar-refractivity contribution is -0.139. The molecule has 4 aromatic rings. The summed E-state index contributed by atoms with van der Waals surface area (Å²) >= 11 is 1.22. The molecule has 1 N–H and O–H groups in total. The van der Waals surface area contributed by atoms with E-state index in [4.69, 9.17) is 9.72 Å². The Morgan fingerprint density at radius 3 is 2.69 bits per heavy atom. The number of hydrogen-bond donors (Lipinski definition) is 1. The number of ether oxygens (including phenoxy) is 1. The van der Waals surface area contributed by atoms with Gasteiger partial charge in [0.05, 0.1) is 12.8 Å². The summed E-state index contributed by atoms with van der Waals surface area (Å²) in [5.41, 5.74) is 4.52. The van der Waals surface area contributed by atoms with E-state index in [1.807, 2.05) is 56.3 Å². The Hall–Kier alpha value is -3.06. The fourth-order valence-corrected chi connectivity index (χ4v) is 4.32. The van der Waals surface area contributed by atoms with Crippen LogP contribution in [-0.2, 0) is 9.53 Å². The number of esters is 1. The zero-order chi connectivity index (χ0) is 20.7. The zero-order valence-corrected chi connectivity index (χ0v) is 17.5. The van der Waals surface area contributed by atoms with Gasteiger partial charge in [0.15, 0.2) is 5.16 Å². The average Bonchev–Trinajstić information content (AvgIpc) is 3.09. The summed E-state index contributed by atoms with van der Waals surface area (Å²) in [6.45, 7) is 5.73. The summed E-state index contributed by atoms with van der Waals surface area (Å²) in [4.78, 5) is 33.6. The van der Waals surface area contributed by atoms with Gasteiger partial charge < -0.3 is 9.72 Å². The summed E-state index contributed by atoms with van der Waals surface area (Å²) in [6, 6.07) is 13.5. The molecule has 0 saturated heterocycles. The molecule has 0 radical (unpaired) electrons. The molecular formula is C22H21N3O3S. The molecule has 1 atom stereocenters. The Morgan fingerprint density at radius 2 is 1.93 bits per heavy atom. The van der Waals surface area contributed by atoms with Gasteiger partial charge in [-0.25, -0.2) is 4.98 Å². The first kappa shape index (κ1) is 19.3. The lowest BCUT2D eigenvalue weighted by atomic mass is 10.1. The van der Waals surface area contributed by atoms with Crippen molar-refractivity contribution in [1.29, 1.82) is 0 Å². The van der Waals surface area contributed by atoms with Gasteiger partial charge >= 0.3 is 5.97 Å². The number of para-hydroxylation sites is 1. The van der Waals surface area contributed by atoms with Gasteiger partial charge in [-0.1, -0.05) is 42.1 Å². The van der Waals surface area contributed by atoms with Crippen molar-refractivity contribution in [1.82, 2.24) is 14.5 Å². The molecule has 2 aromatic carbocycles. The number of nitrogens with zero attached hydrogens (tertiary/aromatic N) is 2. The first-order valence-corrected chi connectivity index (χ1v) is 10.1. The number of benzene rings is 2. The average molecular weight is 407 g/mol. The molecule has 4 rings (SSSR count). The fraction of sp³-hybridized carbons (Fsp3) is 0.227. The maximum absolute atomic E-state index is 13.6. The van der Waals surface area contributed by atoms with Crippen LogP contribution < -0.4 is 5.56 Å². The highest BCUT2D eigenvalue weighted by atomic mass is 32.2. The van der Waals surface area contributed by atoms with Crippen LogP contribution in [0.3, 0.4) is 0 Å². The number of carbonyl (C=O) groups is 1. The smallest absolute Gasteiger partial charge is 0.318 e. The number of aromatic nitrogens is 3. The highest BCUT2D eigenvalue weighted by Crippen LogP contribution is 2.30. The van der Waals surface area contributed by atoms with Gasteiger partial charge in [-0.05, 0) is 44.0 Å². The number of fused-ring (bicyclic) bond motifs is 3. The van der Waals surface area contributed by atoms with Gasteiger partial charge in [-0.3, -0.25) is 14.2 Å². The van der Waals surface area contributed by atoms with E-state index in [0.29, 0.717) is 16.2 Å². The van der Waals surface area contributed by atoms with Crippen LogP contribution in [0.2, 0.25) is 0 Å². The Morgan fingerprint density at radius 1 is 1.17 bits per heavy atom. The van der Waals surface area contributed by atoms with Crippen molar-refractivity contribution < 1.29 is 9.53 Å². The Bertz CT molecular complexity index is 1310. The second kappa shape index (κ2) is 7.40. The number of rotatable bonds is 4. The molecule has 0 aliphatic rings. The van der Waals surface area contributed by atoms with Crippen LogP contribution in [0.5, 0.6) is 0 Å². The highest BCUT2D eigenvalue weighted by molar-refractivity contribution is 8.00. The van der Waals surface area contributed by atoms with E-state index in [0.717, 1.165) is 27.7 Å². The van der Waals surface area contributed by atoms with Gasteiger partial charge in [0.1, 0.15) is 16.3 Å². The number of methoxy groups -OCH3 is 1. The highest BCUT2D eigenvalue weighted by Gasteiger charge is 2.23. The molecule has 0 fully saturated rings. The standard InChI is InChI=1S/C22H21N3O3S/c1-12-8-7-11-17(13(12)2)25-20(26)19-18(15-9-5-6-10-16(15)23-19)24-22(25)29-14(3)21(27)28-4/h5-11,14,23H,1-4H3. The van der Waals surface area contributed by atoms with Crippen molar-refractivity contribution in [2.75, 3.05) is 7.11 Å². The number of nitrogens with one attached hydrogen (secondary N) is 1. The van der Waals surface area contributed by atoms with Crippen molar-refractivity contribution in [3.05, 3.63) is 63.9 Å². The third-order valence-corrected chi connectivity index (χ3v) is 6.16. The summed E-state index contributed by atoms with van der Waals surface area (Å²) in [6.07, 6.45) is 0. The van der Waals surface area contributed by atoms with E-state index in [1.165, 1.54) is 18.9 Å². The zero-order valence-electron chi connectivity index (χ0n) is 16.6. The minimum absolute atomic E-state index is 0.195. The van der Waals surface area contributed by atoms with Crippen LogP contribution in [0.1, 0.15) is 18.1 Å². The van der Waals surface area contributed by atoms with Gasteiger partial charge in [0.25, 0.3) is 5.56 Å². The molecule has 0 amide bonds. The SMILES string of the molecule is COC(=O)C(C)Sc1nc2c([nH]c3ccccc32)c(=O)n1-c1cccc(C)c1C. The van der Waals surface area contributed by atoms with Crippen molar-refractivity contribution in [2.45, 2.75) is 31.2 Å². The molecule has 0 saturated carbocycles. The molecule has 0 aliphatic heterocycles. The van der Waals surface area contributed by atoms with Crippen LogP contribution in [0.15, 0.2) is 52.4 Å². The van der Waals surface area contributed by atoms with E-state index >= 15 is 0 Å². The number of aromatic amines is 1. The van der Waals surface area contributed by atoms with Crippen LogP contribution in [0.4, 0.5) is 0 Å². The number of hydrogen-bond acceptors (Lipinski definition) is 5. The molecule has 7 heteroatoms. The van der Waals surface area contributed by atoms with E-state index < -0.39 is 5.25 Å². The van der Waals surface area contributed by atoms with E-state index in [2.05, 4.69) is 4.98 Å². The van der Waals surface area contributed by atoms with Crippen molar-refractivity contribution in [3.63, 3.8) is 0 Å². The van der Waals surface area contributed by atoms with Crippen molar-refractivity contribution in [2.24, 2.45) is 0 Å². The summed E-state index contributed by atoms with van der Waals surface area (Å²) in [7, 11) is 1.35.